The Morgan fingerprint density at radius 1 is 1.00 bits per heavy atom. The highest BCUT2D eigenvalue weighted by atomic mass is 35.5. The number of hydrogen-bond donors (Lipinski definition) is 0. The van der Waals surface area contributed by atoms with Crippen molar-refractivity contribution in [2.45, 2.75) is 24.7 Å². The number of amides is 1. The summed E-state index contributed by atoms with van der Waals surface area (Å²) in [4.78, 5) is 18.0. The minimum Gasteiger partial charge on any atom is -0.368 e. The lowest BCUT2D eigenvalue weighted by molar-refractivity contribution is -0.131. The maximum atomic E-state index is 12.5. The van der Waals surface area contributed by atoms with Gasteiger partial charge in [0.1, 0.15) is 0 Å². The molecule has 3 nitrogen and oxygen atoms in total. The molecule has 0 saturated carbocycles. The van der Waals surface area contributed by atoms with Crippen LogP contribution in [0, 0.1) is 6.92 Å². The van der Waals surface area contributed by atoms with E-state index in [9.17, 15) is 4.79 Å². The first-order valence-electron chi connectivity index (χ1n) is 9.20. The van der Waals surface area contributed by atoms with Crippen LogP contribution in [-0.2, 0) is 4.79 Å². The van der Waals surface area contributed by atoms with E-state index in [0.29, 0.717) is 6.42 Å². The lowest BCUT2D eigenvalue weighted by atomic mass is 10.1. The smallest absolute Gasteiger partial charge is 0.222 e. The number of nitrogens with zero attached hydrogens (tertiary/aromatic N) is 2. The lowest BCUT2D eigenvalue weighted by Crippen LogP contribution is -2.49. The van der Waals surface area contributed by atoms with Gasteiger partial charge < -0.3 is 9.80 Å². The van der Waals surface area contributed by atoms with Gasteiger partial charge in [-0.25, -0.2) is 0 Å². The van der Waals surface area contributed by atoms with Gasteiger partial charge in [0.05, 0.1) is 0 Å². The van der Waals surface area contributed by atoms with E-state index < -0.39 is 0 Å². The molecule has 144 valence electrons. The molecule has 0 spiro atoms. The second-order valence-electron chi connectivity index (χ2n) is 6.70. The second kappa shape index (κ2) is 9.72. The Bertz CT molecular complexity index is 774. The van der Waals surface area contributed by atoms with Gasteiger partial charge in [0.25, 0.3) is 0 Å². The summed E-state index contributed by atoms with van der Waals surface area (Å²) >= 11 is 13.8. The van der Waals surface area contributed by atoms with E-state index in [1.54, 1.807) is 11.8 Å². The Labute approximate surface area is 175 Å². The molecule has 0 unspecified atom stereocenters. The molecule has 0 aromatic heterocycles. The van der Waals surface area contributed by atoms with E-state index in [1.165, 1.54) is 16.1 Å². The van der Waals surface area contributed by atoms with Crippen LogP contribution in [0.15, 0.2) is 47.4 Å². The molecular weight excluding hydrogens is 399 g/mol. The molecule has 2 aromatic rings. The monoisotopic (exact) mass is 422 g/mol. The fourth-order valence-corrected chi connectivity index (χ4v) is 4.37. The van der Waals surface area contributed by atoms with Gasteiger partial charge in [-0.15, -0.1) is 11.8 Å². The zero-order chi connectivity index (χ0) is 19.2. The van der Waals surface area contributed by atoms with Crippen molar-refractivity contribution in [3.63, 3.8) is 0 Å². The topological polar surface area (TPSA) is 23.6 Å². The maximum absolute atomic E-state index is 12.5. The van der Waals surface area contributed by atoms with Crippen LogP contribution >= 0.6 is 35.0 Å². The molecule has 0 radical (unpaired) electrons. The van der Waals surface area contributed by atoms with Crippen molar-refractivity contribution in [2.75, 3.05) is 36.8 Å². The SMILES string of the molecule is Cc1ccc(Cl)cc1N1CCN(C(=O)CCCSc2ccc(Cl)cc2)CC1. The van der Waals surface area contributed by atoms with E-state index in [-0.39, 0.29) is 5.91 Å². The summed E-state index contributed by atoms with van der Waals surface area (Å²) in [6, 6.07) is 13.8. The van der Waals surface area contributed by atoms with Crippen LogP contribution in [0.3, 0.4) is 0 Å². The van der Waals surface area contributed by atoms with Crippen LogP contribution in [0.4, 0.5) is 5.69 Å². The first-order chi connectivity index (χ1) is 13.0. The normalized spacial score (nSPS) is 14.5. The van der Waals surface area contributed by atoms with Gasteiger partial charge in [0, 0.05) is 53.2 Å². The van der Waals surface area contributed by atoms with Crippen LogP contribution in [0.25, 0.3) is 0 Å². The largest absolute Gasteiger partial charge is 0.368 e. The number of carbonyl (C=O) groups excluding carboxylic acids is 1. The maximum Gasteiger partial charge on any atom is 0.222 e. The van der Waals surface area contributed by atoms with E-state index in [1.807, 2.05) is 47.4 Å². The van der Waals surface area contributed by atoms with Gasteiger partial charge in [-0.2, -0.15) is 0 Å². The van der Waals surface area contributed by atoms with Crippen molar-refractivity contribution in [3.8, 4) is 0 Å². The Morgan fingerprint density at radius 3 is 2.37 bits per heavy atom. The average Bonchev–Trinajstić information content (AvgIpc) is 2.68. The summed E-state index contributed by atoms with van der Waals surface area (Å²) in [5.74, 6) is 1.20. The van der Waals surface area contributed by atoms with Crippen molar-refractivity contribution in [2.24, 2.45) is 0 Å². The number of carbonyl (C=O) groups is 1. The van der Waals surface area contributed by atoms with Crippen LogP contribution in [-0.4, -0.2) is 42.7 Å². The van der Waals surface area contributed by atoms with E-state index in [4.69, 9.17) is 23.2 Å². The molecule has 2 aromatic carbocycles. The van der Waals surface area contributed by atoms with E-state index >= 15 is 0 Å². The summed E-state index contributed by atoms with van der Waals surface area (Å²) < 4.78 is 0. The molecule has 0 atom stereocenters. The van der Waals surface area contributed by atoms with Crippen molar-refractivity contribution in [3.05, 3.63) is 58.1 Å². The fraction of sp³-hybridized carbons (Fsp3) is 0.381. The zero-order valence-electron chi connectivity index (χ0n) is 15.5. The number of aryl methyl sites for hydroxylation is 1. The molecule has 0 aliphatic carbocycles. The molecule has 1 heterocycles. The molecule has 3 rings (SSSR count). The molecule has 6 heteroatoms. The van der Waals surface area contributed by atoms with Gasteiger partial charge >= 0.3 is 0 Å². The summed E-state index contributed by atoms with van der Waals surface area (Å²) in [5, 5.41) is 1.51. The first kappa shape index (κ1) is 20.4. The predicted molar refractivity (Wildman–Crippen MR) is 116 cm³/mol. The Balaban J connectivity index is 1.40. The van der Waals surface area contributed by atoms with Gasteiger partial charge in [-0.1, -0.05) is 29.3 Å². The van der Waals surface area contributed by atoms with Crippen LogP contribution < -0.4 is 4.90 Å². The number of piperazine rings is 1. The Kier molecular flexibility index (Phi) is 7.33. The van der Waals surface area contributed by atoms with Crippen LogP contribution in [0.2, 0.25) is 10.0 Å². The third-order valence-electron chi connectivity index (χ3n) is 4.76. The lowest BCUT2D eigenvalue weighted by Gasteiger charge is -2.37. The molecule has 1 fully saturated rings. The van der Waals surface area contributed by atoms with Crippen molar-refractivity contribution >= 4 is 46.6 Å². The van der Waals surface area contributed by atoms with Crippen LogP contribution in [0.5, 0.6) is 0 Å². The van der Waals surface area contributed by atoms with Gasteiger partial charge in [0.2, 0.25) is 5.91 Å². The Hall–Kier alpha value is -1.36. The highest BCUT2D eigenvalue weighted by Gasteiger charge is 2.21. The minimum atomic E-state index is 0.258. The standard InChI is InChI=1S/C21H24Cl2N2OS/c1-16-4-5-18(23)15-20(16)24-10-12-25(13-11-24)21(26)3-2-14-27-19-8-6-17(22)7-9-19/h4-9,15H,2-3,10-14H2,1H3. The van der Waals surface area contributed by atoms with E-state index in [2.05, 4.69) is 11.8 Å². The number of thioether (sulfide) groups is 1. The molecular formula is C21H24Cl2N2OS. The molecule has 1 saturated heterocycles. The third kappa shape index (κ3) is 5.81. The fourth-order valence-electron chi connectivity index (χ4n) is 3.22. The Morgan fingerprint density at radius 2 is 1.67 bits per heavy atom. The summed E-state index contributed by atoms with van der Waals surface area (Å²) in [7, 11) is 0. The second-order valence-corrected chi connectivity index (χ2v) is 8.75. The van der Waals surface area contributed by atoms with Gasteiger partial charge in [-0.05, 0) is 61.1 Å². The highest BCUT2D eigenvalue weighted by Crippen LogP contribution is 2.26. The predicted octanol–water partition coefficient (Wildman–Crippen LogP) is 5.52. The number of anilines is 1. The minimum absolute atomic E-state index is 0.258. The van der Waals surface area contributed by atoms with Crippen LogP contribution in [0.1, 0.15) is 18.4 Å². The quantitative estimate of drug-likeness (QED) is 0.451. The number of rotatable bonds is 6. The molecule has 0 bridgehead atoms. The molecule has 27 heavy (non-hydrogen) atoms. The molecule has 1 aliphatic heterocycles. The summed E-state index contributed by atoms with van der Waals surface area (Å²) in [5.41, 5.74) is 2.40. The number of benzene rings is 2. The first-order valence-corrected chi connectivity index (χ1v) is 10.9. The summed E-state index contributed by atoms with van der Waals surface area (Å²) in [6.07, 6.45) is 1.50. The third-order valence-corrected chi connectivity index (χ3v) is 6.35. The number of halogens is 2. The summed E-state index contributed by atoms with van der Waals surface area (Å²) in [6.45, 7) is 5.35. The van der Waals surface area contributed by atoms with Crippen molar-refractivity contribution in [1.82, 2.24) is 4.90 Å². The molecule has 1 amide bonds. The van der Waals surface area contributed by atoms with Crippen molar-refractivity contribution < 1.29 is 4.79 Å². The van der Waals surface area contributed by atoms with E-state index in [0.717, 1.165) is 48.4 Å². The zero-order valence-corrected chi connectivity index (χ0v) is 17.8. The molecule has 1 aliphatic rings. The average molecular weight is 423 g/mol. The number of hydrogen-bond acceptors (Lipinski definition) is 3. The van der Waals surface area contributed by atoms with Gasteiger partial charge in [0.15, 0.2) is 0 Å². The molecule has 0 N–H and O–H groups in total. The highest BCUT2D eigenvalue weighted by molar-refractivity contribution is 7.99. The van der Waals surface area contributed by atoms with Crippen molar-refractivity contribution in [1.29, 1.82) is 0 Å². The van der Waals surface area contributed by atoms with Gasteiger partial charge in [-0.3, -0.25) is 4.79 Å².